The Labute approximate surface area is 185 Å². The van der Waals surface area contributed by atoms with Gasteiger partial charge < -0.3 is 14.6 Å². The summed E-state index contributed by atoms with van der Waals surface area (Å²) in [7, 11) is 0. The number of esters is 1. The summed E-state index contributed by atoms with van der Waals surface area (Å²) in [5.74, 6) is -2.96. The third-order valence-corrected chi connectivity index (χ3v) is 5.03. The Morgan fingerprint density at radius 3 is 2.34 bits per heavy atom. The number of nitrogens with zero attached hydrogens (tertiary/aromatic N) is 1. The molecule has 0 aromatic heterocycles. The second-order valence-corrected chi connectivity index (χ2v) is 8.65. The van der Waals surface area contributed by atoms with Crippen LogP contribution in [0, 0.1) is 11.7 Å². The van der Waals surface area contributed by atoms with Crippen LogP contribution in [-0.2, 0) is 25.7 Å². The van der Waals surface area contributed by atoms with E-state index in [0.29, 0.717) is 16.0 Å². The molecule has 0 bridgehead atoms. The van der Waals surface area contributed by atoms with Gasteiger partial charge in [-0.3, -0.25) is 4.79 Å². The zero-order valence-electron chi connectivity index (χ0n) is 18.2. The van der Waals surface area contributed by atoms with Gasteiger partial charge in [0.05, 0.1) is 6.10 Å². The van der Waals surface area contributed by atoms with Crippen molar-refractivity contribution in [1.82, 2.24) is 4.90 Å². The third-order valence-electron chi connectivity index (χ3n) is 5.03. The molecule has 2 aromatic rings. The molecule has 1 unspecified atom stereocenters. The summed E-state index contributed by atoms with van der Waals surface area (Å²) >= 11 is 0. The van der Waals surface area contributed by atoms with Crippen molar-refractivity contribution < 1.29 is 33.4 Å². The molecule has 3 atom stereocenters. The number of aliphatic hydroxyl groups excluding tert-OH is 1. The first-order valence-corrected chi connectivity index (χ1v) is 10.3. The fourth-order valence-electron chi connectivity index (χ4n) is 3.60. The molecule has 1 N–H and O–H groups in total. The van der Waals surface area contributed by atoms with Crippen molar-refractivity contribution in [3.05, 3.63) is 71.5 Å². The van der Waals surface area contributed by atoms with Crippen LogP contribution in [0.2, 0.25) is 0 Å². The SMILES string of the molecule is CC(C)(C)OC(=O)[C@@H]1[C@@H](C(O)c2ccc(F)cc2)CC(=O)N1C(=O)OCc1ccccc1. The topological polar surface area (TPSA) is 93.1 Å². The zero-order chi connectivity index (χ0) is 23.5. The van der Waals surface area contributed by atoms with Gasteiger partial charge in [0.2, 0.25) is 5.91 Å². The van der Waals surface area contributed by atoms with Crippen molar-refractivity contribution in [3.8, 4) is 0 Å². The molecule has 0 saturated carbocycles. The molecule has 170 valence electrons. The number of benzene rings is 2. The fourth-order valence-corrected chi connectivity index (χ4v) is 3.60. The molecule has 1 saturated heterocycles. The first kappa shape index (κ1) is 23.4. The molecular formula is C24H26FNO6. The molecule has 8 heteroatoms. The zero-order valence-corrected chi connectivity index (χ0v) is 18.2. The molecule has 0 spiro atoms. The van der Waals surface area contributed by atoms with Gasteiger partial charge in [-0.1, -0.05) is 42.5 Å². The highest BCUT2D eigenvalue weighted by atomic mass is 19.1. The Kier molecular flexibility index (Phi) is 6.93. The molecule has 1 aliphatic rings. The van der Waals surface area contributed by atoms with E-state index in [2.05, 4.69) is 0 Å². The van der Waals surface area contributed by atoms with Crippen LogP contribution in [-0.4, -0.2) is 39.6 Å². The van der Waals surface area contributed by atoms with E-state index < -0.39 is 47.5 Å². The van der Waals surface area contributed by atoms with Crippen molar-refractivity contribution in [2.75, 3.05) is 0 Å². The Morgan fingerprint density at radius 1 is 1.12 bits per heavy atom. The van der Waals surface area contributed by atoms with E-state index in [4.69, 9.17) is 9.47 Å². The maximum Gasteiger partial charge on any atom is 0.417 e. The van der Waals surface area contributed by atoms with E-state index >= 15 is 0 Å². The van der Waals surface area contributed by atoms with E-state index in [1.807, 2.05) is 6.07 Å². The summed E-state index contributed by atoms with van der Waals surface area (Å²) in [6.45, 7) is 4.89. The van der Waals surface area contributed by atoms with Gasteiger partial charge in [-0.2, -0.15) is 0 Å². The number of hydrogen-bond acceptors (Lipinski definition) is 6. The highest BCUT2D eigenvalue weighted by molar-refractivity contribution is 6.00. The first-order chi connectivity index (χ1) is 15.1. The number of ether oxygens (including phenoxy) is 2. The Balaban J connectivity index is 1.86. The first-order valence-electron chi connectivity index (χ1n) is 10.3. The van der Waals surface area contributed by atoms with E-state index in [9.17, 15) is 23.9 Å². The van der Waals surface area contributed by atoms with E-state index in [1.165, 1.54) is 24.3 Å². The van der Waals surface area contributed by atoms with Crippen LogP contribution in [0.4, 0.5) is 9.18 Å². The van der Waals surface area contributed by atoms with E-state index in [0.717, 1.165) is 0 Å². The van der Waals surface area contributed by atoms with Crippen LogP contribution in [0.3, 0.4) is 0 Å². The van der Waals surface area contributed by atoms with Crippen molar-refractivity contribution in [1.29, 1.82) is 0 Å². The monoisotopic (exact) mass is 443 g/mol. The van der Waals surface area contributed by atoms with Gasteiger partial charge in [0.1, 0.15) is 24.1 Å². The quantitative estimate of drug-likeness (QED) is 0.708. The van der Waals surface area contributed by atoms with Gasteiger partial charge >= 0.3 is 12.1 Å². The number of likely N-dealkylation sites (tertiary alicyclic amines) is 1. The summed E-state index contributed by atoms with van der Waals surface area (Å²) in [5.41, 5.74) is 0.148. The van der Waals surface area contributed by atoms with Gasteiger partial charge in [-0.05, 0) is 44.0 Å². The number of carbonyl (C=O) groups is 3. The van der Waals surface area contributed by atoms with E-state index in [1.54, 1.807) is 45.0 Å². The molecular weight excluding hydrogens is 417 g/mol. The third kappa shape index (κ3) is 5.50. The van der Waals surface area contributed by atoms with Crippen molar-refractivity contribution in [2.24, 2.45) is 5.92 Å². The highest BCUT2D eigenvalue weighted by Gasteiger charge is 2.52. The molecule has 3 rings (SSSR count). The number of halogens is 1. The van der Waals surface area contributed by atoms with Gasteiger partial charge in [-0.15, -0.1) is 0 Å². The summed E-state index contributed by atoms with van der Waals surface area (Å²) < 4.78 is 24.0. The minimum Gasteiger partial charge on any atom is -0.458 e. The largest absolute Gasteiger partial charge is 0.458 e. The molecule has 0 aliphatic carbocycles. The van der Waals surface area contributed by atoms with Gasteiger partial charge in [-0.25, -0.2) is 18.9 Å². The lowest BCUT2D eigenvalue weighted by Crippen LogP contribution is -2.48. The minimum absolute atomic E-state index is 0.0876. The number of amides is 2. The summed E-state index contributed by atoms with van der Waals surface area (Å²) in [5, 5.41) is 10.9. The number of rotatable bonds is 5. The Morgan fingerprint density at radius 2 is 1.75 bits per heavy atom. The molecule has 1 fully saturated rings. The van der Waals surface area contributed by atoms with Gasteiger partial charge in [0.25, 0.3) is 0 Å². The van der Waals surface area contributed by atoms with Crippen LogP contribution in [0.5, 0.6) is 0 Å². The number of imide groups is 1. The highest BCUT2D eigenvalue weighted by Crippen LogP contribution is 2.37. The van der Waals surface area contributed by atoms with E-state index in [-0.39, 0.29) is 13.0 Å². The van der Waals surface area contributed by atoms with Gasteiger partial charge in [0.15, 0.2) is 0 Å². The summed E-state index contributed by atoms with van der Waals surface area (Å²) in [6, 6.07) is 12.6. The summed E-state index contributed by atoms with van der Waals surface area (Å²) in [6.07, 6.45) is -2.57. The standard InChI is InChI=1S/C24H26FNO6/c1-24(2,3)32-22(29)20-18(21(28)16-9-11-17(25)12-10-16)13-19(27)26(20)23(30)31-14-15-7-5-4-6-8-15/h4-12,18,20-21,28H,13-14H2,1-3H3/t18-,20-,21?/m0/s1. The molecule has 1 aliphatic heterocycles. The lowest BCUT2D eigenvalue weighted by atomic mass is 9.89. The van der Waals surface area contributed by atoms with Crippen LogP contribution >= 0.6 is 0 Å². The van der Waals surface area contributed by atoms with Gasteiger partial charge in [0, 0.05) is 12.3 Å². The predicted molar refractivity (Wildman–Crippen MR) is 113 cm³/mol. The maximum absolute atomic E-state index is 13.3. The number of carbonyl (C=O) groups excluding carboxylic acids is 3. The molecule has 32 heavy (non-hydrogen) atoms. The molecule has 1 heterocycles. The van der Waals surface area contributed by atoms with Crippen molar-refractivity contribution in [2.45, 2.75) is 51.5 Å². The van der Waals surface area contributed by atoms with Crippen LogP contribution in [0.1, 0.15) is 44.4 Å². The molecule has 7 nitrogen and oxygen atoms in total. The summed E-state index contributed by atoms with van der Waals surface area (Å²) in [4.78, 5) is 39.3. The minimum atomic E-state index is -1.38. The molecule has 2 aromatic carbocycles. The maximum atomic E-state index is 13.3. The van der Waals surface area contributed by atoms with Crippen molar-refractivity contribution >= 4 is 18.0 Å². The lowest BCUT2D eigenvalue weighted by molar-refractivity contribution is -0.163. The van der Waals surface area contributed by atoms with Crippen LogP contribution in [0.15, 0.2) is 54.6 Å². The average Bonchev–Trinajstić information content (AvgIpc) is 3.09. The Bertz CT molecular complexity index is 970. The van der Waals surface area contributed by atoms with Crippen molar-refractivity contribution in [3.63, 3.8) is 0 Å². The Hall–Kier alpha value is -3.26. The number of aliphatic hydroxyl groups is 1. The molecule has 2 amide bonds. The van der Waals surface area contributed by atoms with Crippen LogP contribution in [0.25, 0.3) is 0 Å². The second kappa shape index (κ2) is 9.48. The fraction of sp³-hybridized carbons (Fsp3) is 0.375. The smallest absolute Gasteiger partial charge is 0.417 e. The number of hydrogen-bond donors (Lipinski definition) is 1. The second-order valence-electron chi connectivity index (χ2n) is 8.65. The molecule has 0 radical (unpaired) electrons. The average molecular weight is 443 g/mol. The lowest BCUT2D eigenvalue weighted by Gasteiger charge is -2.30. The normalized spacial score (nSPS) is 19.5. The van der Waals surface area contributed by atoms with Crippen LogP contribution < -0.4 is 0 Å². The predicted octanol–water partition coefficient (Wildman–Crippen LogP) is 3.75.